The Morgan fingerprint density at radius 3 is 1.50 bits per heavy atom. The van der Waals surface area contributed by atoms with Gasteiger partial charge in [-0.1, -0.05) is 12.8 Å². The summed E-state index contributed by atoms with van der Waals surface area (Å²) in [5, 5.41) is 5.82. The lowest BCUT2D eigenvalue weighted by Crippen LogP contribution is -3.00. The van der Waals surface area contributed by atoms with Crippen LogP contribution < -0.4 is 56.0 Å². The summed E-state index contributed by atoms with van der Waals surface area (Å²) in [7, 11) is 0. The van der Waals surface area contributed by atoms with Crippen LogP contribution in [0.15, 0.2) is 49.1 Å². The van der Waals surface area contributed by atoms with Crippen molar-refractivity contribution >= 4 is 23.2 Å². The molecule has 0 aromatic carbocycles. The van der Waals surface area contributed by atoms with Gasteiger partial charge in [-0.15, -0.1) is 0 Å². The van der Waals surface area contributed by atoms with Gasteiger partial charge in [0.15, 0.2) is 24.8 Å². The van der Waals surface area contributed by atoms with Crippen LogP contribution in [0, 0.1) is 0 Å². The Morgan fingerprint density at radius 2 is 1.13 bits per heavy atom. The van der Waals surface area contributed by atoms with Gasteiger partial charge in [-0.05, 0) is 25.0 Å². The first kappa shape index (κ1) is 27.4. The molecular weight excluding hydrogens is 427 g/mol. The van der Waals surface area contributed by atoms with Crippen molar-refractivity contribution in [2.24, 2.45) is 0 Å². The summed E-state index contributed by atoms with van der Waals surface area (Å²) < 4.78 is 3.52. The molecule has 0 aliphatic heterocycles. The maximum Gasteiger partial charge on any atom is 0.285 e. The van der Waals surface area contributed by atoms with Gasteiger partial charge in [0.05, 0.1) is 11.4 Å². The highest BCUT2D eigenvalue weighted by atomic mass is 35.5. The molecule has 8 nitrogen and oxygen atoms in total. The number of nitrogens with two attached hydrogens (primary N) is 2. The number of rotatable bonds is 11. The number of halogens is 2. The first-order valence-corrected chi connectivity index (χ1v) is 9.55. The van der Waals surface area contributed by atoms with Gasteiger partial charge in [-0.2, -0.15) is 9.13 Å². The number of carbonyl (C=O) groups is 2. The van der Waals surface area contributed by atoms with Crippen molar-refractivity contribution in [1.29, 1.82) is 0 Å². The number of aromatic nitrogens is 2. The zero-order chi connectivity index (χ0) is 20.2. The molecule has 2 heterocycles. The topological polar surface area (TPSA) is 118 Å². The minimum absolute atomic E-state index is 0. The average Bonchev–Trinajstić information content (AvgIpc) is 2.64. The highest BCUT2D eigenvalue weighted by Gasteiger charge is 2.09. The molecule has 10 heteroatoms. The summed E-state index contributed by atoms with van der Waals surface area (Å²) in [6.45, 7) is 1.84. The molecule has 166 valence electrons. The normalized spacial score (nSPS) is 9.73. The number of nitrogen functional groups attached to an aromatic ring is 2. The molecule has 2 aromatic heterocycles. The predicted molar refractivity (Wildman–Crippen MR) is 107 cm³/mol. The lowest BCUT2D eigenvalue weighted by atomic mass is 10.2. The number of nitrogens with zero attached hydrogens (tertiary/aromatic N) is 2. The molecule has 2 aromatic rings. The zero-order valence-electron chi connectivity index (χ0n) is 16.9. The van der Waals surface area contributed by atoms with Crippen LogP contribution in [0.5, 0.6) is 0 Å². The minimum atomic E-state index is -0.0260. The van der Waals surface area contributed by atoms with E-state index >= 15 is 0 Å². The molecule has 0 radical (unpaired) electrons. The van der Waals surface area contributed by atoms with Crippen LogP contribution in [0.2, 0.25) is 0 Å². The van der Waals surface area contributed by atoms with Crippen molar-refractivity contribution in [3.8, 4) is 0 Å². The minimum Gasteiger partial charge on any atom is -1.00 e. The molecule has 0 atom stereocenters. The quantitative estimate of drug-likeness (QED) is 0.199. The molecule has 2 amide bonds. The standard InChI is InChI=1S/C20H28N6O2.2ClH/c21-17-7-5-11-25(13-17)15-19(27)23-9-3-1-2-4-10-24-20(28)16-26-12-6-8-18(22)14-26;;/h5-8,11-14H,1-4,9-10,15-16,21-22H2;2*1H. The highest BCUT2D eigenvalue weighted by molar-refractivity contribution is 5.74. The average molecular weight is 457 g/mol. The number of hydrogen-bond donors (Lipinski definition) is 4. The third-order valence-corrected chi connectivity index (χ3v) is 4.16. The van der Waals surface area contributed by atoms with Crippen LogP contribution in [0.4, 0.5) is 11.4 Å². The Kier molecular flexibility index (Phi) is 14.0. The summed E-state index contributed by atoms with van der Waals surface area (Å²) in [5.41, 5.74) is 12.7. The second-order valence-electron chi connectivity index (χ2n) is 6.73. The molecule has 30 heavy (non-hydrogen) atoms. The van der Waals surface area contributed by atoms with Gasteiger partial charge in [-0.25, -0.2) is 0 Å². The van der Waals surface area contributed by atoms with E-state index in [9.17, 15) is 9.59 Å². The largest absolute Gasteiger partial charge is 1.00 e. The van der Waals surface area contributed by atoms with Gasteiger partial charge in [-0.3, -0.25) is 9.59 Å². The molecule has 0 saturated heterocycles. The predicted octanol–water partition coefficient (Wildman–Crippen LogP) is -6.07. The number of amides is 2. The SMILES string of the molecule is Nc1ccc[n+](CC(=O)NCCCCCCNC(=O)C[n+]2cccc(N)c2)c1.[Cl-].[Cl-]. The molecule has 0 aliphatic carbocycles. The van der Waals surface area contributed by atoms with Crippen molar-refractivity contribution in [3.63, 3.8) is 0 Å². The fraction of sp³-hybridized carbons (Fsp3) is 0.400. The van der Waals surface area contributed by atoms with E-state index in [0.29, 0.717) is 24.5 Å². The van der Waals surface area contributed by atoms with Crippen molar-refractivity contribution in [2.75, 3.05) is 24.6 Å². The molecule has 0 aliphatic rings. The van der Waals surface area contributed by atoms with Crippen LogP contribution in [-0.4, -0.2) is 24.9 Å². The Bertz CT molecular complexity index is 726. The van der Waals surface area contributed by atoms with E-state index in [1.54, 1.807) is 33.7 Å². The fourth-order valence-corrected chi connectivity index (χ4v) is 2.78. The van der Waals surface area contributed by atoms with E-state index in [2.05, 4.69) is 10.6 Å². The molecule has 0 spiro atoms. The van der Waals surface area contributed by atoms with Crippen molar-refractivity contribution in [3.05, 3.63) is 49.1 Å². The van der Waals surface area contributed by atoms with Crippen molar-refractivity contribution < 1.29 is 43.5 Å². The number of unbranched alkanes of at least 4 members (excludes halogenated alkanes) is 3. The second-order valence-corrected chi connectivity index (χ2v) is 6.73. The lowest BCUT2D eigenvalue weighted by molar-refractivity contribution is -0.683. The van der Waals surface area contributed by atoms with E-state index in [4.69, 9.17) is 11.5 Å². The lowest BCUT2D eigenvalue weighted by Gasteiger charge is -2.05. The smallest absolute Gasteiger partial charge is 0.285 e. The van der Waals surface area contributed by atoms with Crippen LogP contribution in [0.25, 0.3) is 0 Å². The van der Waals surface area contributed by atoms with E-state index < -0.39 is 0 Å². The monoisotopic (exact) mass is 456 g/mol. The van der Waals surface area contributed by atoms with Crippen LogP contribution in [0.3, 0.4) is 0 Å². The van der Waals surface area contributed by atoms with E-state index in [1.807, 2.05) is 24.5 Å². The van der Waals surface area contributed by atoms with Crippen molar-refractivity contribution in [2.45, 2.75) is 38.8 Å². The van der Waals surface area contributed by atoms with Gasteiger partial charge >= 0.3 is 0 Å². The number of carbonyl (C=O) groups excluding carboxylic acids is 2. The number of anilines is 2. The third kappa shape index (κ3) is 11.4. The summed E-state index contributed by atoms with van der Waals surface area (Å²) in [6.07, 6.45) is 10.9. The number of pyridine rings is 2. The summed E-state index contributed by atoms with van der Waals surface area (Å²) in [6, 6.07) is 7.20. The van der Waals surface area contributed by atoms with Crippen molar-refractivity contribution in [1.82, 2.24) is 10.6 Å². The molecule has 0 unspecified atom stereocenters. The van der Waals surface area contributed by atoms with E-state index in [1.165, 1.54) is 0 Å². The first-order valence-electron chi connectivity index (χ1n) is 9.55. The second kappa shape index (κ2) is 15.3. The highest BCUT2D eigenvalue weighted by Crippen LogP contribution is 1.98. The Morgan fingerprint density at radius 1 is 0.733 bits per heavy atom. The molecule has 0 bridgehead atoms. The van der Waals surface area contributed by atoms with Gasteiger partial charge in [0.2, 0.25) is 13.1 Å². The van der Waals surface area contributed by atoms with Crippen LogP contribution >= 0.6 is 0 Å². The summed E-state index contributed by atoms with van der Waals surface area (Å²) in [4.78, 5) is 23.7. The maximum atomic E-state index is 11.9. The number of hydrogen-bond acceptors (Lipinski definition) is 4. The summed E-state index contributed by atoms with van der Waals surface area (Å²) >= 11 is 0. The van der Waals surface area contributed by atoms with Crippen LogP contribution in [0.1, 0.15) is 25.7 Å². The Balaban J connectivity index is 0.00000420. The molecule has 0 saturated carbocycles. The van der Waals surface area contributed by atoms with Gasteiger partial charge in [0, 0.05) is 25.2 Å². The van der Waals surface area contributed by atoms with Crippen LogP contribution in [-0.2, 0) is 22.7 Å². The molecular formula is C20H30Cl2N6O2. The number of nitrogens with one attached hydrogen (secondary N) is 2. The Labute approximate surface area is 189 Å². The van der Waals surface area contributed by atoms with Gasteiger partial charge in [0.1, 0.15) is 0 Å². The zero-order valence-corrected chi connectivity index (χ0v) is 18.4. The van der Waals surface area contributed by atoms with Gasteiger partial charge < -0.3 is 46.9 Å². The Hall–Kier alpha value is -2.58. The maximum absolute atomic E-state index is 11.9. The summed E-state index contributed by atoms with van der Waals surface area (Å²) in [5.74, 6) is -0.0520. The molecule has 0 fully saturated rings. The first-order chi connectivity index (χ1) is 13.5. The molecule has 2 rings (SSSR count). The fourth-order valence-electron chi connectivity index (χ4n) is 2.78. The van der Waals surface area contributed by atoms with E-state index in [0.717, 1.165) is 25.7 Å². The van der Waals surface area contributed by atoms with Gasteiger partial charge in [0.25, 0.3) is 11.8 Å². The third-order valence-electron chi connectivity index (χ3n) is 4.16. The van der Waals surface area contributed by atoms with E-state index in [-0.39, 0.29) is 49.7 Å². The molecule has 6 N–H and O–H groups in total.